The molecule has 3 atom stereocenters. The molecule has 0 saturated carbocycles. The van der Waals surface area contributed by atoms with Gasteiger partial charge in [-0.3, -0.25) is 0 Å². The Bertz CT molecular complexity index is 447. The van der Waals surface area contributed by atoms with Gasteiger partial charge in [-0.05, 0) is 62.8 Å². The highest BCUT2D eigenvalue weighted by Gasteiger charge is 2.25. The Morgan fingerprint density at radius 1 is 1.10 bits per heavy atom. The number of aryl methyl sites for hydroxylation is 3. The van der Waals surface area contributed by atoms with E-state index in [-0.39, 0.29) is 0 Å². The van der Waals surface area contributed by atoms with E-state index in [1.807, 2.05) is 0 Å². The van der Waals surface area contributed by atoms with E-state index in [2.05, 4.69) is 64.0 Å². The van der Waals surface area contributed by atoms with Crippen molar-refractivity contribution in [1.29, 1.82) is 0 Å². The molecule has 0 bridgehead atoms. The topological polar surface area (TPSA) is 15.3 Å². The first-order valence-corrected chi connectivity index (χ1v) is 8.38. The quantitative estimate of drug-likeness (QED) is 0.905. The lowest BCUT2D eigenvalue weighted by atomic mass is 9.90. The van der Waals surface area contributed by atoms with Gasteiger partial charge < -0.3 is 10.2 Å². The summed E-state index contributed by atoms with van der Waals surface area (Å²) in [6.07, 6.45) is 1.38. The smallest absolute Gasteiger partial charge is 0.0452 e. The van der Waals surface area contributed by atoms with Crippen LogP contribution < -0.4 is 5.32 Å². The Kier molecular flexibility index (Phi) is 5.45. The molecule has 2 nitrogen and oxygen atoms in total. The molecular formula is C19H32N2. The zero-order valence-corrected chi connectivity index (χ0v) is 14.7. The predicted octanol–water partition coefficient (Wildman–Crippen LogP) is 3.85. The molecule has 1 heterocycles. The molecular weight excluding hydrogens is 256 g/mol. The van der Waals surface area contributed by atoms with Gasteiger partial charge in [0.2, 0.25) is 0 Å². The number of hydrogen-bond acceptors (Lipinski definition) is 2. The Morgan fingerprint density at radius 3 is 2.10 bits per heavy atom. The Labute approximate surface area is 130 Å². The van der Waals surface area contributed by atoms with Crippen LogP contribution in [0.25, 0.3) is 0 Å². The highest BCUT2D eigenvalue weighted by molar-refractivity contribution is 5.39. The summed E-state index contributed by atoms with van der Waals surface area (Å²) in [5.41, 5.74) is 5.70. The van der Waals surface area contributed by atoms with Crippen LogP contribution in [-0.4, -0.2) is 31.6 Å². The zero-order chi connectivity index (χ0) is 15.6. The van der Waals surface area contributed by atoms with Crippen LogP contribution in [0.4, 0.5) is 0 Å². The molecule has 118 valence electrons. The van der Waals surface area contributed by atoms with Crippen LogP contribution in [0.1, 0.15) is 48.6 Å². The molecule has 1 aliphatic rings. The third-order valence-electron chi connectivity index (χ3n) is 4.82. The van der Waals surface area contributed by atoms with Gasteiger partial charge in [-0.1, -0.05) is 31.5 Å². The first-order valence-electron chi connectivity index (χ1n) is 8.38. The second-order valence-electron chi connectivity index (χ2n) is 7.32. The van der Waals surface area contributed by atoms with Gasteiger partial charge in [0, 0.05) is 25.7 Å². The van der Waals surface area contributed by atoms with Crippen LogP contribution in [0.2, 0.25) is 0 Å². The fourth-order valence-corrected chi connectivity index (χ4v) is 4.27. The molecule has 0 aromatic heterocycles. The van der Waals surface area contributed by atoms with E-state index in [1.165, 1.54) is 41.8 Å². The highest BCUT2D eigenvalue weighted by atomic mass is 15.2. The lowest BCUT2D eigenvalue weighted by Gasteiger charge is -2.37. The maximum atomic E-state index is 3.55. The van der Waals surface area contributed by atoms with Gasteiger partial charge in [0.15, 0.2) is 0 Å². The maximum absolute atomic E-state index is 3.55. The van der Waals surface area contributed by atoms with Crippen molar-refractivity contribution in [3.8, 4) is 0 Å². The summed E-state index contributed by atoms with van der Waals surface area (Å²) in [6.45, 7) is 15.1. The van der Waals surface area contributed by atoms with Crippen LogP contribution in [0.3, 0.4) is 0 Å². The second kappa shape index (κ2) is 6.93. The van der Waals surface area contributed by atoms with Crippen LogP contribution in [0.15, 0.2) is 12.1 Å². The largest absolute Gasteiger partial charge is 0.312 e. The van der Waals surface area contributed by atoms with Crippen LogP contribution in [0.5, 0.6) is 0 Å². The highest BCUT2D eigenvalue weighted by Crippen LogP contribution is 2.27. The summed E-state index contributed by atoms with van der Waals surface area (Å²) in [7, 11) is 2.10. The fraction of sp³-hybridized carbons (Fsp3) is 0.684. The van der Waals surface area contributed by atoms with Crippen LogP contribution >= 0.6 is 0 Å². The maximum Gasteiger partial charge on any atom is 0.0452 e. The third-order valence-corrected chi connectivity index (χ3v) is 4.82. The molecule has 1 N–H and O–H groups in total. The van der Waals surface area contributed by atoms with Crippen molar-refractivity contribution in [2.45, 2.75) is 47.1 Å². The molecule has 1 aromatic carbocycles. The molecule has 0 radical (unpaired) electrons. The van der Waals surface area contributed by atoms with E-state index in [9.17, 15) is 0 Å². The number of rotatable bonds is 4. The number of likely N-dealkylation sites (tertiary alicyclic amines) is 1. The van der Waals surface area contributed by atoms with E-state index < -0.39 is 0 Å². The lowest BCUT2D eigenvalue weighted by Crippen LogP contribution is -2.43. The zero-order valence-electron chi connectivity index (χ0n) is 14.7. The SMILES string of the molecule is CNC(CN1CC(C)CC(C)C1)c1c(C)cc(C)cc1C. The van der Waals surface area contributed by atoms with Crippen molar-refractivity contribution in [3.05, 3.63) is 34.4 Å². The monoisotopic (exact) mass is 288 g/mol. The molecule has 3 unspecified atom stereocenters. The summed E-state index contributed by atoms with van der Waals surface area (Å²) >= 11 is 0. The van der Waals surface area contributed by atoms with E-state index >= 15 is 0 Å². The lowest BCUT2D eigenvalue weighted by molar-refractivity contribution is 0.129. The minimum atomic E-state index is 0.433. The first-order chi connectivity index (χ1) is 9.90. The van der Waals surface area contributed by atoms with Gasteiger partial charge in [-0.2, -0.15) is 0 Å². The number of nitrogens with zero attached hydrogens (tertiary/aromatic N) is 1. The van der Waals surface area contributed by atoms with Crippen molar-refractivity contribution in [2.75, 3.05) is 26.7 Å². The third kappa shape index (κ3) is 4.08. The molecule has 1 aliphatic heterocycles. The average molecular weight is 288 g/mol. The molecule has 0 spiro atoms. The van der Waals surface area contributed by atoms with Crippen LogP contribution in [0, 0.1) is 32.6 Å². The molecule has 1 fully saturated rings. The van der Waals surface area contributed by atoms with E-state index in [0.717, 1.165) is 18.4 Å². The fourth-order valence-electron chi connectivity index (χ4n) is 4.27. The summed E-state index contributed by atoms with van der Waals surface area (Å²) in [4.78, 5) is 2.65. The molecule has 0 amide bonds. The van der Waals surface area contributed by atoms with Gasteiger partial charge >= 0.3 is 0 Å². The second-order valence-corrected chi connectivity index (χ2v) is 7.32. The molecule has 1 aromatic rings. The summed E-state index contributed by atoms with van der Waals surface area (Å²) in [6, 6.07) is 5.06. The molecule has 21 heavy (non-hydrogen) atoms. The van der Waals surface area contributed by atoms with E-state index in [4.69, 9.17) is 0 Å². The summed E-state index contributed by atoms with van der Waals surface area (Å²) < 4.78 is 0. The van der Waals surface area contributed by atoms with E-state index in [1.54, 1.807) is 0 Å². The molecule has 2 rings (SSSR count). The predicted molar refractivity (Wildman–Crippen MR) is 91.8 cm³/mol. The molecule has 2 heteroatoms. The van der Waals surface area contributed by atoms with E-state index in [0.29, 0.717) is 6.04 Å². The standard InChI is InChI=1S/C19H32N2/c1-13-8-16(4)19(17(5)9-13)18(20-6)12-21-10-14(2)7-15(3)11-21/h8-9,14-15,18,20H,7,10-12H2,1-6H3. The molecule has 1 saturated heterocycles. The normalized spacial score (nSPS) is 25.0. The van der Waals surface area contributed by atoms with Crippen molar-refractivity contribution in [2.24, 2.45) is 11.8 Å². The Balaban J connectivity index is 2.17. The van der Waals surface area contributed by atoms with Gasteiger partial charge in [-0.25, -0.2) is 0 Å². The number of nitrogens with one attached hydrogen (secondary N) is 1. The van der Waals surface area contributed by atoms with Gasteiger partial charge in [-0.15, -0.1) is 0 Å². The Morgan fingerprint density at radius 2 is 1.62 bits per heavy atom. The summed E-state index contributed by atoms with van der Waals surface area (Å²) in [5, 5.41) is 3.55. The van der Waals surface area contributed by atoms with Crippen molar-refractivity contribution in [1.82, 2.24) is 10.2 Å². The Hall–Kier alpha value is -0.860. The first kappa shape index (κ1) is 16.5. The number of hydrogen-bond donors (Lipinski definition) is 1. The minimum absolute atomic E-state index is 0.433. The average Bonchev–Trinajstić information content (AvgIpc) is 2.35. The van der Waals surface area contributed by atoms with Crippen molar-refractivity contribution in [3.63, 3.8) is 0 Å². The summed E-state index contributed by atoms with van der Waals surface area (Å²) in [5.74, 6) is 1.65. The van der Waals surface area contributed by atoms with Gasteiger partial charge in [0.05, 0.1) is 0 Å². The van der Waals surface area contributed by atoms with Crippen molar-refractivity contribution < 1.29 is 0 Å². The number of piperidine rings is 1. The van der Waals surface area contributed by atoms with Gasteiger partial charge in [0.25, 0.3) is 0 Å². The van der Waals surface area contributed by atoms with Crippen LogP contribution in [-0.2, 0) is 0 Å². The van der Waals surface area contributed by atoms with Gasteiger partial charge in [0.1, 0.15) is 0 Å². The molecule has 0 aliphatic carbocycles. The number of benzene rings is 1. The number of likely N-dealkylation sites (N-methyl/N-ethyl adjacent to an activating group) is 1. The minimum Gasteiger partial charge on any atom is -0.312 e. The van der Waals surface area contributed by atoms with Crippen molar-refractivity contribution >= 4 is 0 Å².